The average Bonchev–Trinajstić information content (AvgIpc) is 2.43. The lowest BCUT2D eigenvalue weighted by atomic mass is 9.83. The number of rotatable bonds is 3. The predicted octanol–water partition coefficient (Wildman–Crippen LogP) is 0.833. The molecule has 0 aromatic heterocycles. The SMILES string of the molecule is CN(C(=O)OC(C)(C)C)C1CN(C2(C(N)=NO)CCOCC2)C1. The molecule has 1 amide bonds. The second kappa shape index (κ2) is 6.52. The topological polar surface area (TPSA) is 101 Å². The molecule has 2 rings (SSSR count). The van der Waals surface area contributed by atoms with Gasteiger partial charge in [0.05, 0.1) is 11.6 Å². The molecular weight excluding hydrogens is 300 g/mol. The number of amidine groups is 1. The summed E-state index contributed by atoms with van der Waals surface area (Å²) >= 11 is 0. The summed E-state index contributed by atoms with van der Waals surface area (Å²) in [7, 11) is 1.75. The first-order chi connectivity index (χ1) is 10.7. The van der Waals surface area contributed by atoms with Crippen LogP contribution >= 0.6 is 0 Å². The van der Waals surface area contributed by atoms with Crippen LogP contribution in [0.2, 0.25) is 0 Å². The molecule has 0 radical (unpaired) electrons. The maximum absolute atomic E-state index is 12.1. The van der Waals surface area contributed by atoms with Crippen molar-refractivity contribution in [2.75, 3.05) is 33.4 Å². The Bertz CT molecular complexity index is 463. The number of likely N-dealkylation sites (tertiary alicyclic amines) is 1. The number of likely N-dealkylation sites (N-methyl/N-ethyl adjacent to an activating group) is 1. The van der Waals surface area contributed by atoms with Gasteiger partial charge in [-0.15, -0.1) is 0 Å². The lowest BCUT2D eigenvalue weighted by Gasteiger charge is -2.54. The summed E-state index contributed by atoms with van der Waals surface area (Å²) in [6.45, 7) is 8.06. The van der Waals surface area contributed by atoms with Gasteiger partial charge in [0.25, 0.3) is 0 Å². The van der Waals surface area contributed by atoms with Crippen LogP contribution in [0.1, 0.15) is 33.6 Å². The molecule has 8 nitrogen and oxygen atoms in total. The number of nitrogens with two attached hydrogens (primary N) is 1. The molecule has 23 heavy (non-hydrogen) atoms. The highest BCUT2D eigenvalue weighted by Crippen LogP contribution is 2.33. The number of hydrogen-bond acceptors (Lipinski definition) is 6. The molecule has 0 saturated carbocycles. The Balaban J connectivity index is 1.97. The van der Waals surface area contributed by atoms with Gasteiger partial charge in [-0.3, -0.25) is 4.90 Å². The number of carbonyl (C=O) groups is 1. The van der Waals surface area contributed by atoms with E-state index in [9.17, 15) is 4.79 Å². The Morgan fingerprint density at radius 3 is 2.43 bits per heavy atom. The van der Waals surface area contributed by atoms with Crippen LogP contribution in [0.5, 0.6) is 0 Å². The molecule has 0 aromatic rings. The number of hydrogen-bond donors (Lipinski definition) is 2. The Kier molecular flexibility index (Phi) is 5.05. The van der Waals surface area contributed by atoms with Crippen molar-refractivity contribution in [3.05, 3.63) is 0 Å². The van der Waals surface area contributed by atoms with E-state index in [4.69, 9.17) is 20.4 Å². The van der Waals surface area contributed by atoms with Gasteiger partial charge in [0.1, 0.15) is 5.60 Å². The predicted molar refractivity (Wildman–Crippen MR) is 85.6 cm³/mol. The second-order valence-electron chi connectivity index (χ2n) is 7.28. The summed E-state index contributed by atoms with van der Waals surface area (Å²) in [5, 5.41) is 12.4. The third-order valence-corrected chi connectivity index (χ3v) is 4.60. The summed E-state index contributed by atoms with van der Waals surface area (Å²) in [4.78, 5) is 15.9. The normalized spacial score (nSPS) is 23.2. The minimum absolute atomic E-state index is 0.0658. The third kappa shape index (κ3) is 3.69. The molecule has 0 bridgehead atoms. The molecule has 2 saturated heterocycles. The van der Waals surface area contributed by atoms with Gasteiger partial charge in [-0.1, -0.05) is 5.16 Å². The van der Waals surface area contributed by atoms with Gasteiger partial charge in [-0.2, -0.15) is 0 Å². The van der Waals surface area contributed by atoms with Gasteiger partial charge < -0.3 is 25.3 Å². The van der Waals surface area contributed by atoms with Crippen LogP contribution in [0.15, 0.2) is 5.16 Å². The van der Waals surface area contributed by atoms with Gasteiger partial charge in [-0.25, -0.2) is 4.79 Å². The number of amides is 1. The van der Waals surface area contributed by atoms with E-state index in [0.717, 1.165) is 0 Å². The van der Waals surface area contributed by atoms with Crippen molar-refractivity contribution in [1.29, 1.82) is 0 Å². The van der Waals surface area contributed by atoms with Crippen LogP contribution in [-0.2, 0) is 9.47 Å². The van der Waals surface area contributed by atoms with E-state index in [1.54, 1.807) is 11.9 Å². The molecular formula is C15H28N4O4. The molecule has 8 heteroatoms. The zero-order valence-corrected chi connectivity index (χ0v) is 14.4. The highest BCUT2D eigenvalue weighted by Gasteiger charge is 2.49. The fourth-order valence-corrected chi connectivity index (χ4v) is 3.07. The first-order valence-corrected chi connectivity index (χ1v) is 7.96. The lowest BCUT2D eigenvalue weighted by molar-refractivity contribution is -0.0610. The molecule has 2 aliphatic heterocycles. The summed E-state index contributed by atoms with van der Waals surface area (Å²) < 4.78 is 10.8. The van der Waals surface area contributed by atoms with Crippen LogP contribution < -0.4 is 5.73 Å². The maximum Gasteiger partial charge on any atom is 0.410 e. The Morgan fingerprint density at radius 2 is 1.96 bits per heavy atom. The van der Waals surface area contributed by atoms with Crippen LogP contribution in [0, 0.1) is 0 Å². The Hall–Kier alpha value is -1.54. The lowest BCUT2D eigenvalue weighted by Crippen LogP contribution is -2.71. The number of carbonyl (C=O) groups excluding carboxylic acids is 1. The van der Waals surface area contributed by atoms with E-state index in [2.05, 4.69) is 10.1 Å². The average molecular weight is 328 g/mol. The molecule has 0 aliphatic carbocycles. The molecule has 2 heterocycles. The number of nitrogens with zero attached hydrogens (tertiary/aromatic N) is 3. The number of oxime groups is 1. The largest absolute Gasteiger partial charge is 0.444 e. The van der Waals surface area contributed by atoms with E-state index in [1.165, 1.54) is 0 Å². The Morgan fingerprint density at radius 1 is 1.39 bits per heavy atom. The standard InChI is InChI=1S/C15H28N4O4/c1-14(2,3)23-13(20)18(4)11-9-19(10-11)15(12(16)17-21)5-7-22-8-6-15/h11,21H,5-10H2,1-4H3,(H2,16,17). The van der Waals surface area contributed by atoms with Crippen molar-refractivity contribution >= 4 is 11.9 Å². The molecule has 2 aliphatic rings. The van der Waals surface area contributed by atoms with Crippen molar-refractivity contribution in [3.63, 3.8) is 0 Å². The number of ether oxygens (including phenoxy) is 2. The van der Waals surface area contributed by atoms with E-state index < -0.39 is 11.1 Å². The zero-order chi connectivity index (χ0) is 17.3. The highest BCUT2D eigenvalue weighted by molar-refractivity contribution is 5.90. The molecule has 0 aromatic carbocycles. The first-order valence-electron chi connectivity index (χ1n) is 7.96. The van der Waals surface area contributed by atoms with Crippen LogP contribution in [0.3, 0.4) is 0 Å². The van der Waals surface area contributed by atoms with E-state index in [1.807, 2.05) is 20.8 Å². The van der Waals surface area contributed by atoms with Crippen molar-refractivity contribution in [2.45, 2.75) is 50.8 Å². The molecule has 0 spiro atoms. The van der Waals surface area contributed by atoms with E-state index in [-0.39, 0.29) is 18.0 Å². The molecule has 132 valence electrons. The molecule has 0 unspecified atom stereocenters. The zero-order valence-electron chi connectivity index (χ0n) is 14.4. The fraction of sp³-hybridized carbons (Fsp3) is 0.867. The van der Waals surface area contributed by atoms with Gasteiger partial charge in [0, 0.05) is 33.4 Å². The van der Waals surface area contributed by atoms with E-state index in [0.29, 0.717) is 39.1 Å². The Labute approximate surface area is 137 Å². The third-order valence-electron chi connectivity index (χ3n) is 4.60. The van der Waals surface area contributed by atoms with E-state index >= 15 is 0 Å². The minimum Gasteiger partial charge on any atom is -0.444 e. The summed E-state index contributed by atoms with van der Waals surface area (Å²) in [5.74, 6) is 0.221. The van der Waals surface area contributed by atoms with Crippen molar-refractivity contribution in [1.82, 2.24) is 9.80 Å². The van der Waals surface area contributed by atoms with Crippen molar-refractivity contribution in [3.8, 4) is 0 Å². The van der Waals surface area contributed by atoms with Crippen LogP contribution in [0.4, 0.5) is 4.79 Å². The van der Waals surface area contributed by atoms with Crippen LogP contribution in [-0.4, -0.2) is 77.5 Å². The van der Waals surface area contributed by atoms with Crippen LogP contribution in [0.25, 0.3) is 0 Å². The first kappa shape index (κ1) is 17.8. The summed E-state index contributed by atoms with van der Waals surface area (Å²) in [6.07, 6.45) is 1.05. The van der Waals surface area contributed by atoms with Gasteiger partial charge >= 0.3 is 6.09 Å². The fourth-order valence-electron chi connectivity index (χ4n) is 3.07. The molecule has 3 N–H and O–H groups in total. The van der Waals surface area contributed by atoms with Crippen molar-refractivity contribution in [2.24, 2.45) is 10.9 Å². The second-order valence-corrected chi connectivity index (χ2v) is 7.28. The maximum atomic E-state index is 12.1. The quantitative estimate of drug-likeness (QED) is 0.344. The smallest absolute Gasteiger partial charge is 0.410 e. The van der Waals surface area contributed by atoms with Gasteiger partial charge in [0.2, 0.25) is 0 Å². The van der Waals surface area contributed by atoms with Crippen molar-refractivity contribution < 1.29 is 19.5 Å². The molecule has 0 atom stereocenters. The van der Waals surface area contributed by atoms with Gasteiger partial charge in [0.15, 0.2) is 5.84 Å². The summed E-state index contributed by atoms with van der Waals surface area (Å²) in [6, 6.07) is 0.0658. The summed E-state index contributed by atoms with van der Waals surface area (Å²) in [5.41, 5.74) is 4.97. The monoisotopic (exact) mass is 328 g/mol. The minimum atomic E-state index is -0.509. The highest BCUT2D eigenvalue weighted by atomic mass is 16.6. The van der Waals surface area contributed by atoms with Gasteiger partial charge in [-0.05, 0) is 33.6 Å². The molecule has 2 fully saturated rings.